The first-order chi connectivity index (χ1) is 7.88. The third-order valence-electron chi connectivity index (χ3n) is 2.60. The molecular weight excluding hydrogens is 244 g/mol. The second-order valence-corrected chi connectivity index (χ2v) is 5.86. The van der Waals surface area contributed by atoms with Crippen molar-refractivity contribution in [2.75, 3.05) is 12.8 Å². The fourth-order valence-electron chi connectivity index (χ4n) is 1.68. The van der Waals surface area contributed by atoms with Crippen LogP contribution >= 0.6 is 0 Å². The van der Waals surface area contributed by atoms with E-state index >= 15 is 0 Å². The zero-order valence-corrected chi connectivity index (χ0v) is 10.1. The number of rotatable bonds is 2. The molecule has 0 aromatic carbocycles. The van der Waals surface area contributed by atoms with E-state index in [4.69, 9.17) is 5.73 Å². The molecule has 0 bridgehead atoms. The molecule has 0 atom stereocenters. The van der Waals surface area contributed by atoms with Crippen LogP contribution < -0.4 is 5.73 Å². The van der Waals surface area contributed by atoms with Crippen LogP contribution in [-0.2, 0) is 23.0 Å². The largest absolute Gasteiger partial charge is 0.363 e. The van der Waals surface area contributed by atoms with Crippen LogP contribution in [0.3, 0.4) is 0 Å². The van der Waals surface area contributed by atoms with Crippen molar-refractivity contribution >= 4 is 15.9 Å². The number of amides is 1. The van der Waals surface area contributed by atoms with Gasteiger partial charge in [0.15, 0.2) is 0 Å². The Labute approximate surface area is 98.7 Å². The van der Waals surface area contributed by atoms with Crippen LogP contribution in [0.2, 0.25) is 0 Å². The average molecular weight is 256 g/mol. The second kappa shape index (κ2) is 4.04. The van der Waals surface area contributed by atoms with E-state index in [-0.39, 0.29) is 12.4 Å². The van der Waals surface area contributed by atoms with E-state index in [0.29, 0.717) is 18.7 Å². The smallest absolute Gasteiger partial charge is 0.286 e. The number of carbonyl (C=O) groups excluding carboxylic acids is 1. The van der Waals surface area contributed by atoms with Crippen LogP contribution in [0, 0.1) is 0 Å². The Morgan fingerprint density at radius 2 is 2.24 bits per heavy atom. The van der Waals surface area contributed by atoms with E-state index in [0.717, 1.165) is 11.8 Å². The molecule has 7 nitrogen and oxygen atoms in total. The summed E-state index contributed by atoms with van der Waals surface area (Å²) < 4.78 is 24.1. The van der Waals surface area contributed by atoms with Gasteiger partial charge in [-0.2, -0.15) is 4.31 Å². The van der Waals surface area contributed by atoms with E-state index in [1.165, 1.54) is 10.5 Å². The van der Waals surface area contributed by atoms with Crippen LogP contribution in [0.5, 0.6) is 0 Å². The summed E-state index contributed by atoms with van der Waals surface area (Å²) >= 11 is 0. The van der Waals surface area contributed by atoms with Crippen LogP contribution in [0.4, 0.5) is 0 Å². The standard InChI is InChI=1S/C9H12N4O3S/c1-17(15,16)13-3-2-6-4-11-9(8(10)14)12-7(6)5-13/h4H,2-3,5H2,1H3,(H2,10,14). The van der Waals surface area contributed by atoms with E-state index in [1.54, 1.807) is 0 Å². The molecule has 0 unspecified atom stereocenters. The minimum atomic E-state index is -3.24. The highest BCUT2D eigenvalue weighted by molar-refractivity contribution is 7.88. The molecule has 1 aliphatic rings. The number of fused-ring (bicyclic) bond motifs is 1. The lowest BCUT2D eigenvalue weighted by atomic mass is 10.1. The SMILES string of the molecule is CS(=O)(=O)N1CCc2cnc(C(N)=O)nc2C1. The molecule has 0 saturated heterocycles. The van der Waals surface area contributed by atoms with Gasteiger partial charge in [0.2, 0.25) is 15.8 Å². The minimum Gasteiger partial charge on any atom is -0.363 e. The first kappa shape index (κ1) is 11.9. The average Bonchev–Trinajstić information content (AvgIpc) is 2.26. The molecule has 0 radical (unpaired) electrons. The molecule has 2 rings (SSSR count). The molecule has 0 spiro atoms. The maximum Gasteiger partial charge on any atom is 0.286 e. The number of nitrogens with zero attached hydrogens (tertiary/aromatic N) is 3. The Bertz CT molecular complexity index is 570. The van der Waals surface area contributed by atoms with Crippen molar-refractivity contribution in [1.82, 2.24) is 14.3 Å². The highest BCUT2D eigenvalue weighted by atomic mass is 32.2. The first-order valence-corrected chi connectivity index (χ1v) is 6.82. The van der Waals surface area contributed by atoms with Crippen LogP contribution in [0.25, 0.3) is 0 Å². The number of carbonyl (C=O) groups is 1. The predicted octanol–water partition coefficient (Wildman–Crippen LogP) is -1.11. The van der Waals surface area contributed by atoms with E-state index in [9.17, 15) is 13.2 Å². The molecule has 1 aromatic rings. The molecule has 8 heteroatoms. The van der Waals surface area contributed by atoms with Gasteiger partial charge >= 0.3 is 0 Å². The van der Waals surface area contributed by atoms with Gasteiger partial charge in [-0.3, -0.25) is 4.79 Å². The van der Waals surface area contributed by atoms with Gasteiger partial charge in [-0.25, -0.2) is 18.4 Å². The Balaban J connectivity index is 2.36. The fourth-order valence-corrected chi connectivity index (χ4v) is 2.46. The molecule has 0 aliphatic carbocycles. The van der Waals surface area contributed by atoms with Gasteiger partial charge in [0.1, 0.15) is 0 Å². The van der Waals surface area contributed by atoms with Crippen LogP contribution in [0.1, 0.15) is 21.9 Å². The Morgan fingerprint density at radius 1 is 1.53 bits per heavy atom. The Kier molecular flexibility index (Phi) is 2.84. The topological polar surface area (TPSA) is 106 Å². The summed E-state index contributed by atoms with van der Waals surface area (Å²) in [6, 6.07) is 0. The summed E-state index contributed by atoms with van der Waals surface area (Å²) in [5, 5.41) is 0. The maximum atomic E-state index is 11.4. The molecule has 1 aromatic heterocycles. The molecule has 2 heterocycles. The summed E-state index contributed by atoms with van der Waals surface area (Å²) in [6.45, 7) is 0.572. The zero-order valence-electron chi connectivity index (χ0n) is 9.25. The second-order valence-electron chi connectivity index (χ2n) is 3.88. The third-order valence-corrected chi connectivity index (χ3v) is 3.85. The molecule has 0 fully saturated rings. The van der Waals surface area contributed by atoms with Gasteiger partial charge in [-0.05, 0) is 12.0 Å². The lowest BCUT2D eigenvalue weighted by Crippen LogP contribution is -2.36. The van der Waals surface area contributed by atoms with E-state index in [2.05, 4.69) is 9.97 Å². The number of nitrogens with two attached hydrogens (primary N) is 1. The highest BCUT2D eigenvalue weighted by Gasteiger charge is 2.25. The molecule has 0 saturated carbocycles. The molecule has 1 amide bonds. The van der Waals surface area contributed by atoms with E-state index in [1.807, 2.05) is 0 Å². The van der Waals surface area contributed by atoms with Crippen molar-refractivity contribution < 1.29 is 13.2 Å². The first-order valence-electron chi connectivity index (χ1n) is 4.97. The number of primary amides is 1. The van der Waals surface area contributed by atoms with Crippen molar-refractivity contribution in [2.24, 2.45) is 5.73 Å². The minimum absolute atomic E-state index is 0.0842. The third kappa shape index (κ3) is 2.42. The maximum absolute atomic E-state index is 11.4. The summed E-state index contributed by atoms with van der Waals surface area (Å²) in [6.07, 6.45) is 3.22. The van der Waals surface area contributed by atoms with Gasteiger partial charge in [-0.1, -0.05) is 0 Å². The summed E-state index contributed by atoms with van der Waals surface area (Å²) in [4.78, 5) is 18.7. The fraction of sp³-hybridized carbons (Fsp3) is 0.444. The molecule has 2 N–H and O–H groups in total. The number of hydrogen-bond acceptors (Lipinski definition) is 5. The quantitative estimate of drug-likeness (QED) is 0.722. The van der Waals surface area contributed by atoms with Gasteiger partial charge in [0, 0.05) is 12.7 Å². The van der Waals surface area contributed by atoms with E-state index < -0.39 is 15.9 Å². The van der Waals surface area contributed by atoms with Crippen molar-refractivity contribution in [3.05, 3.63) is 23.3 Å². The number of hydrogen-bond donors (Lipinski definition) is 1. The highest BCUT2D eigenvalue weighted by Crippen LogP contribution is 2.18. The van der Waals surface area contributed by atoms with Gasteiger partial charge in [0.05, 0.1) is 18.5 Å². The molecule has 17 heavy (non-hydrogen) atoms. The van der Waals surface area contributed by atoms with Crippen LogP contribution in [0.15, 0.2) is 6.20 Å². The predicted molar refractivity (Wildman–Crippen MR) is 59.5 cm³/mol. The number of sulfonamides is 1. The Morgan fingerprint density at radius 3 is 2.82 bits per heavy atom. The normalized spacial score (nSPS) is 16.5. The summed E-state index contributed by atoms with van der Waals surface area (Å²) in [5.74, 6) is -0.802. The molecule has 1 aliphatic heterocycles. The molecule has 92 valence electrons. The van der Waals surface area contributed by atoms with Gasteiger partial charge in [-0.15, -0.1) is 0 Å². The monoisotopic (exact) mass is 256 g/mol. The zero-order chi connectivity index (χ0) is 12.6. The van der Waals surface area contributed by atoms with Gasteiger partial charge in [0.25, 0.3) is 5.91 Å². The molecular formula is C9H12N4O3S. The van der Waals surface area contributed by atoms with Gasteiger partial charge < -0.3 is 5.73 Å². The summed E-state index contributed by atoms with van der Waals surface area (Å²) in [5.41, 5.74) is 6.47. The lowest BCUT2D eigenvalue weighted by molar-refractivity contribution is 0.0990. The van der Waals surface area contributed by atoms with Crippen molar-refractivity contribution in [3.8, 4) is 0 Å². The van der Waals surface area contributed by atoms with Crippen molar-refractivity contribution in [3.63, 3.8) is 0 Å². The summed E-state index contributed by atoms with van der Waals surface area (Å²) in [7, 11) is -3.24. The van der Waals surface area contributed by atoms with Crippen molar-refractivity contribution in [2.45, 2.75) is 13.0 Å². The number of aromatic nitrogens is 2. The Hall–Kier alpha value is -1.54. The lowest BCUT2D eigenvalue weighted by Gasteiger charge is -2.25. The van der Waals surface area contributed by atoms with Crippen molar-refractivity contribution in [1.29, 1.82) is 0 Å². The van der Waals surface area contributed by atoms with Crippen LogP contribution in [-0.4, -0.2) is 41.4 Å².